The fourth-order valence-corrected chi connectivity index (χ4v) is 1.62. The van der Waals surface area contributed by atoms with Crippen molar-refractivity contribution in [2.45, 2.75) is 12.5 Å². The molecule has 0 aliphatic carbocycles. The lowest BCUT2D eigenvalue weighted by atomic mass is 10.1. The topological polar surface area (TPSA) is 49.5 Å². The van der Waals surface area contributed by atoms with Crippen LogP contribution in [0.3, 0.4) is 0 Å². The Balaban J connectivity index is 2.31. The normalized spacial score (nSPS) is 13.1. The fourth-order valence-electron chi connectivity index (χ4n) is 1.50. The van der Waals surface area contributed by atoms with Crippen LogP contribution in [0.2, 0.25) is 5.02 Å². The van der Waals surface area contributed by atoms with E-state index in [9.17, 15) is 5.11 Å². The number of nitrogens with zero attached hydrogens (tertiary/aromatic N) is 1. The molecule has 0 fully saturated rings. The van der Waals surface area contributed by atoms with Gasteiger partial charge in [0.25, 0.3) is 0 Å². The van der Waals surface area contributed by atoms with E-state index in [4.69, 9.17) is 17.3 Å². The molecule has 1 rings (SSSR count). The van der Waals surface area contributed by atoms with Gasteiger partial charge in [0.15, 0.2) is 0 Å². The molecule has 1 atom stereocenters. The smallest absolute Gasteiger partial charge is 0.0788 e. The summed E-state index contributed by atoms with van der Waals surface area (Å²) in [4.78, 5) is 2.08. The summed E-state index contributed by atoms with van der Waals surface area (Å²) in [6.45, 7) is 1.83. The van der Waals surface area contributed by atoms with Gasteiger partial charge in [0.1, 0.15) is 0 Å². The fraction of sp³-hybridized carbons (Fsp3) is 0.500. The predicted octanol–water partition coefficient (Wildman–Crippen LogP) is 1.13. The van der Waals surface area contributed by atoms with Gasteiger partial charge in [-0.1, -0.05) is 23.7 Å². The summed E-state index contributed by atoms with van der Waals surface area (Å²) in [5.74, 6) is 0. The summed E-state index contributed by atoms with van der Waals surface area (Å²) in [5.41, 5.74) is 6.60. The Morgan fingerprint density at radius 3 is 2.56 bits per heavy atom. The second-order valence-corrected chi connectivity index (χ2v) is 4.46. The Labute approximate surface area is 102 Å². The van der Waals surface area contributed by atoms with Crippen LogP contribution in [0.1, 0.15) is 5.56 Å². The standard InChI is InChI=1S/C12H19ClN2O/c1-15(9-12(16)8-14)7-6-10-2-4-11(13)5-3-10/h2-5,12,16H,6-9,14H2,1H3. The highest BCUT2D eigenvalue weighted by atomic mass is 35.5. The van der Waals surface area contributed by atoms with Gasteiger partial charge in [-0.05, 0) is 31.2 Å². The number of halogens is 1. The van der Waals surface area contributed by atoms with E-state index in [0.29, 0.717) is 13.1 Å². The molecule has 3 N–H and O–H groups in total. The van der Waals surface area contributed by atoms with Gasteiger partial charge in [-0.15, -0.1) is 0 Å². The molecule has 0 heterocycles. The number of aliphatic hydroxyl groups is 1. The van der Waals surface area contributed by atoms with Crippen molar-refractivity contribution in [3.63, 3.8) is 0 Å². The lowest BCUT2D eigenvalue weighted by molar-refractivity contribution is 0.133. The minimum Gasteiger partial charge on any atom is -0.390 e. The first-order chi connectivity index (χ1) is 7.61. The van der Waals surface area contributed by atoms with Crippen molar-refractivity contribution in [2.75, 3.05) is 26.7 Å². The highest BCUT2D eigenvalue weighted by molar-refractivity contribution is 6.30. The lowest BCUT2D eigenvalue weighted by Gasteiger charge is -2.19. The highest BCUT2D eigenvalue weighted by Gasteiger charge is 2.05. The van der Waals surface area contributed by atoms with Crippen LogP contribution in [0.15, 0.2) is 24.3 Å². The molecule has 0 bridgehead atoms. The third kappa shape index (κ3) is 4.94. The van der Waals surface area contributed by atoms with E-state index in [1.165, 1.54) is 5.56 Å². The van der Waals surface area contributed by atoms with Gasteiger partial charge in [0.05, 0.1) is 6.10 Å². The molecule has 0 saturated heterocycles. The maximum absolute atomic E-state index is 9.38. The van der Waals surface area contributed by atoms with Crippen molar-refractivity contribution in [1.29, 1.82) is 0 Å². The molecule has 0 saturated carbocycles. The van der Waals surface area contributed by atoms with Crippen LogP contribution in [-0.4, -0.2) is 42.8 Å². The van der Waals surface area contributed by atoms with Crippen molar-refractivity contribution >= 4 is 11.6 Å². The van der Waals surface area contributed by atoms with E-state index < -0.39 is 6.10 Å². The zero-order valence-corrected chi connectivity index (χ0v) is 10.3. The molecule has 0 aliphatic heterocycles. The predicted molar refractivity (Wildman–Crippen MR) is 67.7 cm³/mol. The van der Waals surface area contributed by atoms with Crippen LogP contribution >= 0.6 is 11.6 Å². The van der Waals surface area contributed by atoms with Gasteiger partial charge < -0.3 is 15.7 Å². The van der Waals surface area contributed by atoms with Crippen LogP contribution in [0.5, 0.6) is 0 Å². The molecule has 0 aliphatic rings. The van der Waals surface area contributed by atoms with Crippen molar-refractivity contribution < 1.29 is 5.11 Å². The van der Waals surface area contributed by atoms with Crippen LogP contribution < -0.4 is 5.73 Å². The van der Waals surface area contributed by atoms with Crippen molar-refractivity contribution in [1.82, 2.24) is 4.90 Å². The summed E-state index contributed by atoms with van der Waals surface area (Å²) in [6.07, 6.45) is 0.514. The summed E-state index contributed by atoms with van der Waals surface area (Å²) < 4.78 is 0. The molecule has 1 aromatic carbocycles. The molecule has 0 spiro atoms. The number of aliphatic hydroxyl groups excluding tert-OH is 1. The number of hydrogen-bond acceptors (Lipinski definition) is 3. The molecule has 16 heavy (non-hydrogen) atoms. The molecule has 0 aromatic heterocycles. The quantitative estimate of drug-likeness (QED) is 0.787. The van der Waals surface area contributed by atoms with E-state index in [2.05, 4.69) is 4.90 Å². The Morgan fingerprint density at radius 1 is 1.38 bits per heavy atom. The van der Waals surface area contributed by atoms with E-state index in [0.717, 1.165) is 18.0 Å². The average Bonchev–Trinajstić information content (AvgIpc) is 2.28. The Kier molecular flexibility index (Phi) is 5.77. The van der Waals surface area contributed by atoms with Gasteiger partial charge in [-0.2, -0.15) is 0 Å². The van der Waals surface area contributed by atoms with E-state index >= 15 is 0 Å². The molecule has 0 amide bonds. The van der Waals surface area contributed by atoms with Crippen molar-refractivity contribution in [3.05, 3.63) is 34.9 Å². The molecule has 4 heteroatoms. The first kappa shape index (κ1) is 13.5. The Hall–Kier alpha value is -0.610. The van der Waals surface area contributed by atoms with Crippen molar-refractivity contribution in [3.8, 4) is 0 Å². The lowest BCUT2D eigenvalue weighted by Crippen LogP contribution is -2.35. The minimum atomic E-state index is -0.435. The molecule has 0 radical (unpaired) electrons. The maximum Gasteiger partial charge on any atom is 0.0788 e. The number of benzene rings is 1. The third-order valence-corrected chi connectivity index (χ3v) is 2.74. The molecule has 3 nitrogen and oxygen atoms in total. The van der Waals surface area contributed by atoms with Crippen LogP contribution in [-0.2, 0) is 6.42 Å². The van der Waals surface area contributed by atoms with Gasteiger partial charge in [-0.25, -0.2) is 0 Å². The van der Waals surface area contributed by atoms with E-state index in [1.54, 1.807) is 0 Å². The second-order valence-electron chi connectivity index (χ2n) is 4.03. The summed E-state index contributed by atoms with van der Waals surface area (Å²) in [6, 6.07) is 7.84. The molecular weight excluding hydrogens is 224 g/mol. The van der Waals surface area contributed by atoms with Crippen LogP contribution in [0.25, 0.3) is 0 Å². The number of likely N-dealkylation sites (N-methyl/N-ethyl adjacent to an activating group) is 1. The molecule has 1 aromatic rings. The van der Waals surface area contributed by atoms with Gasteiger partial charge in [0, 0.05) is 24.7 Å². The summed E-state index contributed by atoms with van der Waals surface area (Å²) in [7, 11) is 1.98. The SMILES string of the molecule is CN(CCc1ccc(Cl)cc1)CC(O)CN. The maximum atomic E-state index is 9.38. The van der Waals surface area contributed by atoms with E-state index in [-0.39, 0.29) is 0 Å². The summed E-state index contributed by atoms with van der Waals surface area (Å²) in [5, 5.41) is 10.1. The number of nitrogens with two attached hydrogens (primary N) is 1. The first-order valence-electron chi connectivity index (χ1n) is 5.43. The third-order valence-electron chi connectivity index (χ3n) is 2.49. The largest absolute Gasteiger partial charge is 0.390 e. The van der Waals surface area contributed by atoms with Gasteiger partial charge >= 0.3 is 0 Å². The van der Waals surface area contributed by atoms with Gasteiger partial charge in [0.2, 0.25) is 0 Å². The van der Waals surface area contributed by atoms with Gasteiger partial charge in [-0.3, -0.25) is 0 Å². The summed E-state index contributed by atoms with van der Waals surface area (Å²) >= 11 is 5.80. The van der Waals surface area contributed by atoms with E-state index in [1.807, 2.05) is 31.3 Å². The van der Waals surface area contributed by atoms with Crippen LogP contribution in [0.4, 0.5) is 0 Å². The number of hydrogen-bond donors (Lipinski definition) is 2. The van der Waals surface area contributed by atoms with Crippen LogP contribution in [0, 0.1) is 0 Å². The molecular formula is C12H19ClN2O. The first-order valence-corrected chi connectivity index (χ1v) is 5.80. The zero-order chi connectivity index (χ0) is 12.0. The average molecular weight is 243 g/mol. The highest BCUT2D eigenvalue weighted by Crippen LogP contribution is 2.10. The Morgan fingerprint density at radius 2 is 2.00 bits per heavy atom. The second kappa shape index (κ2) is 6.86. The Bertz CT molecular complexity index is 302. The molecule has 1 unspecified atom stereocenters. The molecule has 90 valence electrons. The minimum absolute atomic E-state index is 0.311. The number of rotatable bonds is 6. The zero-order valence-electron chi connectivity index (χ0n) is 9.56. The van der Waals surface area contributed by atoms with Crippen molar-refractivity contribution in [2.24, 2.45) is 5.73 Å². The monoisotopic (exact) mass is 242 g/mol.